The van der Waals surface area contributed by atoms with Gasteiger partial charge in [0.2, 0.25) is 0 Å². The molecule has 6 N–H and O–H groups in total. The summed E-state index contributed by atoms with van der Waals surface area (Å²) in [4.78, 5) is 29.1. The number of hydrogen-bond acceptors (Lipinski definition) is 12. The summed E-state index contributed by atoms with van der Waals surface area (Å²) in [6.07, 6.45) is 8.45. The monoisotopic (exact) mass is 814 g/mol. The molecule has 1 aliphatic heterocycles. The summed E-state index contributed by atoms with van der Waals surface area (Å²) in [5.74, 6) is 1.20. The molecule has 6 aromatic heterocycles. The summed E-state index contributed by atoms with van der Waals surface area (Å²) in [6.45, 7) is 2.26. The molecule has 3 aromatic carbocycles. The number of halogens is 2. The molecule has 14 nitrogen and oxygen atoms in total. The zero-order chi connectivity index (χ0) is 41.9. The van der Waals surface area contributed by atoms with Gasteiger partial charge in [-0.3, -0.25) is 0 Å². The molecule has 304 valence electrons. The van der Waals surface area contributed by atoms with Crippen molar-refractivity contribution < 1.29 is 8.78 Å². The highest BCUT2D eigenvalue weighted by atomic mass is 19.1. The van der Waals surface area contributed by atoms with Crippen molar-refractivity contribution in [3.8, 4) is 34.2 Å². The van der Waals surface area contributed by atoms with E-state index < -0.39 is 0 Å². The maximum absolute atomic E-state index is 14.2. The number of nitrogens with zero attached hydrogens (tertiary/aromatic N) is 11. The van der Waals surface area contributed by atoms with Crippen molar-refractivity contribution in [1.29, 1.82) is 0 Å². The third kappa shape index (κ3) is 7.85. The van der Waals surface area contributed by atoms with E-state index in [0.717, 1.165) is 47.8 Å². The summed E-state index contributed by atoms with van der Waals surface area (Å²) in [6, 6.07) is 30.4. The third-order valence-corrected chi connectivity index (χ3v) is 10.5. The van der Waals surface area contributed by atoms with Crippen molar-refractivity contribution in [2.45, 2.75) is 32.4 Å². The number of hydrogen-bond donors (Lipinski definition) is 3. The van der Waals surface area contributed by atoms with E-state index in [4.69, 9.17) is 17.2 Å². The van der Waals surface area contributed by atoms with Crippen LogP contribution in [0.3, 0.4) is 0 Å². The van der Waals surface area contributed by atoms with E-state index in [1.807, 2.05) is 54.6 Å². The van der Waals surface area contributed by atoms with E-state index in [-0.39, 0.29) is 24.7 Å². The number of nitrogen functional groups attached to an aromatic ring is 3. The quantitative estimate of drug-likeness (QED) is 0.137. The number of benzene rings is 3. The standard InChI is InChI=1S/C23H17FN6.C22H23FN8/c24-19-11-5-4-9-16(19)14-30-23-17(10-6-12-26-23)20(29-30)22-27-13-18(21(25)28-22)15-7-2-1-3-8-15;23-16-9-3-2-7-14(16)13-31-22-15(8-6-10-26-22)17(29-31)21-27-19(24)18(20(25)28-21)30-11-4-1-5-12-30/h1-13H,14H2,(H2,25,27,28);2-3,6-10H,1,4-5,11-13H2,(H4,24,25,27,28). The number of rotatable bonds is 8. The molecule has 0 saturated carbocycles. The van der Waals surface area contributed by atoms with Crippen LogP contribution < -0.4 is 22.1 Å². The summed E-state index contributed by atoms with van der Waals surface area (Å²) >= 11 is 0. The molecule has 1 saturated heterocycles. The Labute approximate surface area is 348 Å². The molecule has 1 fully saturated rings. The van der Waals surface area contributed by atoms with Gasteiger partial charge in [-0.05, 0) is 61.2 Å². The number of piperidine rings is 1. The van der Waals surface area contributed by atoms with Gasteiger partial charge in [0.1, 0.15) is 34.5 Å². The normalized spacial score (nSPS) is 12.7. The second-order valence-corrected chi connectivity index (χ2v) is 14.5. The zero-order valence-electron chi connectivity index (χ0n) is 32.9. The SMILES string of the molecule is Nc1nc(-c2nn(Cc3ccccc3F)c3ncccc23)nc(N)c1N1CCCCC1.Nc1nc(-c2nn(Cc3ccccc3F)c3ncccc23)ncc1-c1ccccc1. The van der Waals surface area contributed by atoms with Crippen LogP contribution in [0.25, 0.3) is 56.2 Å². The number of anilines is 4. The van der Waals surface area contributed by atoms with E-state index in [1.165, 1.54) is 18.6 Å². The van der Waals surface area contributed by atoms with Gasteiger partial charge in [0.15, 0.2) is 34.6 Å². The van der Waals surface area contributed by atoms with Gasteiger partial charge in [0.25, 0.3) is 0 Å². The summed E-state index contributed by atoms with van der Waals surface area (Å²) in [7, 11) is 0. The van der Waals surface area contributed by atoms with Crippen molar-refractivity contribution >= 4 is 45.2 Å². The maximum atomic E-state index is 14.2. The molecule has 0 bridgehead atoms. The number of nitrogens with two attached hydrogens (primary N) is 3. The largest absolute Gasteiger partial charge is 0.383 e. The molecule has 0 unspecified atom stereocenters. The molecule has 0 radical (unpaired) electrons. The van der Waals surface area contributed by atoms with Gasteiger partial charge in [0, 0.05) is 48.4 Å². The summed E-state index contributed by atoms with van der Waals surface area (Å²) in [5.41, 5.74) is 24.6. The highest BCUT2D eigenvalue weighted by Gasteiger charge is 2.23. The molecule has 16 heteroatoms. The van der Waals surface area contributed by atoms with Gasteiger partial charge in [-0.15, -0.1) is 0 Å². The van der Waals surface area contributed by atoms with Gasteiger partial charge >= 0.3 is 0 Å². The molecule has 1 aliphatic rings. The Balaban J connectivity index is 0.000000156. The van der Waals surface area contributed by atoms with Crippen LogP contribution in [-0.2, 0) is 13.1 Å². The Hall–Kier alpha value is -7.88. The highest BCUT2D eigenvalue weighted by Crippen LogP contribution is 2.34. The third-order valence-electron chi connectivity index (χ3n) is 10.5. The molecule has 7 heterocycles. The van der Waals surface area contributed by atoms with E-state index in [9.17, 15) is 8.78 Å². The minimum atomic E-state index is -0.292. The predicted molar refractivity (Wildman–Crippen MR) is 233 cm³/mol. The van der Waals surface area contributed by atoms with Gasteiger partial charge < -0.3 is 22.1 Å². The van der Waals surface area contributed by atoms with Gasteiger partial charge in [0.05, 0.1) is 23.9 Å². The number of fused-ring (bicyclic) bond motifs is 2. The molecule has 61 heavy (non-hydrogen) atoms. The van der Waals surface area contributed by atoms with E-state index in [1.54, 1.807) is 64.4 Å². The summed E-state index contributed by atoms with van der Waals surface area (Å²) < 4.78 is 31.7. The average molecular weight is 815 g/mol. The second kappa shape index (κ2) is 16.8. The molecule has 9 aromatic rings. The lowest BCUT2D eigenvalue weighted by molar-refractivity contribution is 0.578. The van der Waals surface area contributed by atoms with Crippen molar-refractivity contribution in [3.63, 3.8) is 0 Å². The van der Waals surface area contributed by atoms with Crippen LogP contribution in [0, 0.1) is 11.6 Å². The second-order valence-electron chi connectivity index (χ2n) is 14.5. The smallest absolute Gasteiger partial charge is 0.184 e. The molecule has 0 aliphatic carbocycles. The van der Waals surface area contributed by atoms with Crippen LogP contribution in [0.2, 0.25) is 0 Å². The first-order valence-electron chi connectivity index (χ1n) is 19.8. The van der Waals surface area contributed by atoms with Crippen LogP contribution in [0.5, 0.6) is 0 Å². The Kier molecular flexibility index (Phi) is 10.6. The van der Waals surface area contributed by atoms with E-state index >= 15 is 0 Å². The summed E-state index contributed by atoms with van der Waals surface area (Å²) in [5, 5.41) is 10.8. The number of pyridine rings is 2. The fraction of sp³-hybridized carbons (Fsp3) is 0.156. The first-order chi connectivity index (χ1) is 29.8. The fourth-order valence-electron chi connectivity index (χ4n) is 7.53. The van der Waals surface area contributed by atoms with Crippen LogP contribution >= 0.6 is 0 Å². The lowest BCUT2D eigenvalue weighted by Gasteiger charge is -2.29. The Morgan fingerprint density at radius 2 is 1.03 bits per heavy atom. The average Bonchev–Trinajstić information content (AvgIpc) is 3.84. The van der Waals surface area contributed by atoms with Gasteiger partial charge in [-0.2, -0.15) is 10.2 Å². The van der Waals surface area contributed by atoms with E-state index in [0.29, 0.717) is 68.6 Å². The Bertz CT molecular complexity index is 2970. The first kappa shape index (κ1) is 38.6. The van der Waals surface area contributed by atoms with Crippen molar-refractivity contribution in [1.82, 2.24) is 49.5 Å². The van der Waals surface area contributed by atoms with Crippen molar-refractivity contribution in [3.05, 3.63) is 144 Å². The Morgan fingerprint density at radius 3 is 1.57 bits per heavy atom. The first-order valence-corrected chi connectivity index (χ1v) is 19.8. The lowest BCUT2D eigenvalue weighted by Crippen LogP contribution is -2.31. The molecule has 10 rings (SSSR count). The van der Waals surface area contributed by atoms with Gasteiger partial charge in [-0.1, -0.05) is 66.7 Å². The Morgan fingerprint density at radius 1 is 0.525 bits per heavy atom. The molecule has 0 atom stereocenters. The van der Waals surface area contributed by atoms with Gasteiger partial charge in [-0.25, -0.2) is 48.0 Å². The van der Waals surface area contributed by atoms with Crippen molar-refractivity contribution in [2.24, 2.45) is 0 Å². The minimum Gasteiger partial charge on any atom is -0.383 e. The lowest BCUT2D eigenvalue weighted by atomic mass is 10.1. The molecular weight excluding hydrogens is 775 g/mol. The minimum absolute atomic E-state index is 0.233. The number of aromatic nitrogens is 10. The van der Waals surface area contributed by atoms with Crippen LogP contribution in [-0.4, -0.2) is 62.6 Å². The molecule has 0 spiro atoms. The topological polar surface area (TPSA) is 194 Å². The van der Waals surface area contributed by atoms with Crippen molar-refractivity contribution in [2.75, 3.05) is 35.2 Å². The fourth-order valence-corrected chi connectivity index (χ4v) is 7.53. The van der Waals surface area contributed by atoms with E-state index in [2.05, 4.69) is 45.0 Å². The molecular formula is C45H40F2N14. The molecule has 0 amide bonds. The maximum Gasteiger partial charge on any atom is 0.184 e. The predicted octanol–water partition coefficient (Wildman–Crippen LogP) is 7.56. The highest BCUT2D eigenvalue weighted by molar-refractivity contribution is 5.91. The van der Waals surface area contributed by atoms with Crippen LogP contribution in [0.4, 0.5) is 31.9 Å². The zero-order valence-corrected chi connectivity index (χ0v) is 32.9. The van der Waals surface area contributed by atoms with Crippen LogP contribution in [0.1, 0.15) is 30.4 Å². The van der Waals surface area contributed by atoms with Crippen LogP contribution in [0.15, 0.2) is 122 Å².